The first kappa shape index (κ1) is 19.4. The second-order valence-corrected chi connectivity index (χ2v) is 5.51. The molecule has 3 N–H and O–H groups in total. The minimum absolute atomic E-state index is 0.0542. The molecule has 0 aliphatic heterocycles. The smallest absolute Gasteiger partial charge is 0.237 e. The summed E-state index contributed by atoms with van der Waals surface area (Å²) in [5.41, 5.74) is 6.94. The summed E-state index contributed by atoms with van der Waals surface area (Å²) in [6.45, 7) is 3.65. The van der Waals surface area contributed by atoms with Crippen LogP contribution in [-0.4, -0.2) is 52.0 Å². The normalized spacial score (nSPS) is 13.4. The Bertz CT molecular complexity index is 450. The summed E-state index contributed by atoms with van der Waals surface area (Å²) < 4.78 is 15.5. The van der Waals surface area contributed by atoms with Crippen LogP contribution in [0.1, 0.15) is 18.9 Å². The minimum Gasteiger partial charge on any atom is -0.494 e. The fraction of sp³-hybridized carbons (Fsp3) is 0.588. The number of benzene rings is 1. The number of carbonyl (C=O) groups excluding carboxylic acids is 1. The first-order valence-corrected chi connectivity index (χ1v) is 7.82. The number of nitrogens with one attached hydrogen (secondary N) is 1. The zero-order valence-corrected chi connectivity index (χ0v) is 14.2. The molecule has 130 valence electrons. The van der Waals surface area contributed by atoms with E-state index < -0.39 is 6.04 Å². The van der Waals surface area contributed by atoms with Crippen LogP contribution in [0.3, 0.4) is 0 Å². The number of ether oxygens (including phenoxy) is 3. The average Bonchev–Trinajstić information content (AvgIpc) is 2.53. The van der Waals surface area contributed by atoms with Gasteiger partial charge < -0.3 is 25.3 Å². The molecule has 0 heterocycles. The van der Waals surface area contributed by atoms with Gasteiger partial charge in [0, 0.05) is 33.3 Å². The summed E-state index contributed by atoms with van der Waals surface area (Å²) in [6, 6.07) is 7.00. The third-order valence-electron chi connectivity index (χ3n) is 3.28. The first-order valence-electron chi connectivity index (χ1n) is 7.82. The maximum absolute atomic E-state index is 12.0. The molecule has 1 aromatic carbocycles. The van der Waals surface area contributed by atoms with Gasteiger partial charge in [-0.1, -0.05) is 12.1 Å². The number of hydrogen-bond donors (Lipinski definition) is 2. The van der Waals surface area contributed by atoms with Gasteiger partial charge in [0.2, 0.25) is 5.91 Å². The number of amides is 1. The molecule has 0 saturated carbocycles. The fourth-order valence-electron chi connectivity index (χ4n) is 2.10. The molecule has 6 nitrogen and oxygen atoms in total. The molecule has 0 aromatic heterocycles. The van der Waals surface area contributed by atoms with Crippen molar-refractivity contribution in [3.63, 3.8) is 0 Å². The van der Waals surface area contributed by atoms with E-state index in [2.05, 4.69) is 5.32 Å². The molecule has 0 bridgehead atoms. The number of rotatable bonds is 11. The lowest BCUT2D eigenvalue weighted by molar-refractivity contribution is -0.123. The summed E-state index contributed by atoms with van der Waals surface area (Å²) in [7, 11) is 3.27. The van der Waals surface area contributed by atoms with E-state index in [9.17, 15) is 4.79 Å². The monoisotopic (exact) mass is 324 g/mol. The maximum Gasteiger partial charge on any atom is 0.237 e. The van der Waals surface area contributed by atoms with Crippen molar-refractivity contribution in [1.82, 2.24) is 5.32 Å². The van der Waals surface area contributed by atoms with E-state index in [1.807, 2.05) is 31.2 Å². The minimum atomic E-state index is -0.581. The van der Waals surface area contributed by atoms with E-state index >= 15 is 0 Å². The Morgan fingerprint density at radius 1 is 1.17 bits per heavy atom. The van der Waals surface area contributed by atoms with Gasteiger partial charge in [0.25, 0.3) is 0 Å². The van der Waals surface area contributed by atoms with E-state index in [1.165, 1.54) is 0 Å². The van der Waals surface area contributed by atoms with Crippen LogP contribution < -0.4 is 15.8 Å². The van der Waals surface area contributed by atoms with Crippen LogP contribution in [-0.2, 0) is 20.7 Å². The second kappa shape index (κ2) is 11.0. The molecule has 1 rings (SSSR count). The number of nitrogens with two attached hydrogens (primary N) is 1. The Morgan fingerprint density at radius 2 is 1.87 bits per heavy atom. The quantitative estimate of drug-likeness (QED) is 0.596. The second-order valence-electron chi connectivity index (χ2n) is 5.51. The third-order valence-corrected chi connectivity index (χ3v) is 3.28. The molecule has 0 radical (unpaired) electrons. The first-order chi connectivity index (χ1) is 11.1. The van der Waals surface area contributed by atoms with Crippen LogP contribution in [0.5, 0.6) is 5.75 Å². The molecule has 1 amide bonds. The van der Waals surface area contributed by atoms with Gasteiger partial charge in [-0.25, -0.2) is 0 Å². The van der Waals surface area contributed by atoms with E-state index in [1.54, 1.807) is 14.2 Å². The highest BCUT2D eigenvalue weighted by atomic mass is 16.5. The standard InChI is InChI=1S/C17H28N2O4/c1-13(12-22-3)19-17(20)16(18)11-14-5-7-15(8-6-14)23-10-4-9-21-2/h5-8,13,16H,4,9-12,18H2,1-3H3,(H,19,20)/t13-,16-/m0/s1. The average molecular weight is 324 g/mol. The van der Waals surface area contributed by atoms with Crippen molar-refractivity contribution >= 4 is 5.91 Å². The summed E-state index contributed by atoms with van der Waals surface area (Å²) in [6.07, 6.45) is 1.33. The molecule has 0 spiro atoms. The maximum atomic E-state index is 12.0. The van der Waals surface area contributed by atoms with Crippen LogP contribution in [0, 0.1) is 0 Å². The Morgan fingerprint density at radius 3 is 2.48 bits per heavy atom. The van der Waals surface area contributed by atoms with Gasteiger partial charge >= 0.3 is 0 Å². The Labute approximate surface area is 138 Å². The topological polar surface area (TPSA) is 82.8 Å². The Balaban J connectivity index is 2.40. The molecular weight excluding hydrogens is 296 g/mol. The lowest BCUT2D eigenvalue weighted by Crippen LogP contribution is -2.46. The van der Waals surface area contributed by atoms with Crippen molar-refractivity contribution in [3.8, 4) is 5.75 Å². The highest BCUT2D eigenvalue weighted by Crippen LogP contribution is 2.13. The number of carbonyl (C=O) groups is 1. The predicted molar refractivity (Wildman–Crippen MR) is 89.6 cm³/mol. The molecule has 0 fully saturated rings. The van der Waals surface area contributed by atoms with Gasteiger partial charge in [0.15, 0.2) is 0 Å². The summed E-state index contributed by atoms with van der Waals surface area (Å²) >= 11 is 0. The van der Waals surface area contributed by atoms with Gasteiger partial charge in [-0.2, -0.15) is 0 Å². The van der Waals surface area contributed by atoms with Crippen LogP contribution >= 0.6 is 0 Å². The molecule has 0 saturated heterocycles. The molecule has 6 heteroatoms. The predicted octanol–water partition coefficient (Wildman–Crippen LogP) is 1.12. The lowest BCUT2D eigenvalue weighted by atomic mass is 10.1. The SMILES string of the molecule is COCCCOc1ccc(C[C@H](N)C(=O)N[C@@H](C)COC)cc1. The van der Waals surface area contributed by atoms with Gasteiger partial charge in [0.1, 0.15) is 5.75 Å². The molecular formula is C17H28N2O4. The Hall–Kier alpha value is -1.63. The Kier molecular flexibility index (Phi) is 9.28. The van der Waals surface area contributed by atoms with Gasteiger partial charge in [-0.15, -0.1) is 0 Å². The van der Waals surface area contributed by atoms with Gasteiger partial charge in [0.05, 0.1) is 19.3 Å². The van der Waals surface area contributed by atoms with Crippen LogP contribution in [0.4, 0.5) is 0 Å². The highest BCUT2D eigenvalue weighted by Gasteiger charge is 2.16. The zero-order valence-electron chi connectivity index (χ0n) is 14.2. The summed E-state index contributed by atoms with van der Waals surface area (Å²) in [5, 5.41) is 2.83. The van der Waals surface area contributed by atoms with Crippen LogP contribution in [0.15, 0.2) is 24.3 Å². The molecule has 2 atom stereocenters. The molecule has 0 unspecified atom stereocenters. The van der Waals surface area contributed by atoms with Gasteiger partial charge in [-0.05, 0) is 31.0 Å². The van der Waals surface area contributed by atoms with Crippen molar-refractivity contribution in [3.05, 3.63) is 29.8 Å². The van der Waals surface area contributed by atoms with Crippen molar-refractivity contribution in [1.29, 1.82) is 0 Å². The molecule has 23 heavy (non-hydrogen) atoms. The van der Waals surface area contributed by atoms with Crippen LogP contribution in [0.2, 0.25) is 0 Å². The van der Waals surface area contributed by atoms with Crippen molar-refractivity contribution < 1.29 is 19.0 Å². The largest absolute Gasteiger partial charge is 0.494 e. The fourth-order valence-corrected chi connectivity index (χ4v) is 2.10. The molecule has 0 aliphatic rings. The number of methoxy groups -OCH3 is 2. The van der Waals surface area contributed by atoms with E-state index in [-0.39, 0.29) is 11.9 Å². The van der Waals surface area contributed by atoms with Crippen molar-refractivity contribution in [2.75, 3.05) is 34.0 Å². The lowest BCUT2D eigenvalue weighted by Gasteiger charge is -2.17. The molecule has 1 aromatic rings. The highest BCUT2D eigenvalue weighted by molar-refractivity contribution is 5.82. The molecule has 0 aliphatic carbocycles. The van der Waals surface area contributed by atoms with Crippen molar-refractivity contribution in [2.24, 2.45) is 5.73 Å². The van der Waals surface area contributed by atoms with E-state index in [0.717, 1.165) is 17.7 Å². The number of hydrogen-bond acceptors (Lipinski definition) is 5. The van der Waals surface area contributed by atoms with Crippen molar-refractivity contribution in [2.45, 2.75) is 31.8 Å². The van der Waals surface area contributed by atoms with Gasteiger partial charge in [-0.3, -0.25) is 4.79 Å². The van der Waals surface area contributed by atoms with Crippen LogP contribution in [0.25, 0.3) is 0 Å². The summed E-state index contributed by atoms with van der Waals surface area (Å²) in [4.78, 5) is 12.0. The zero-order chi connectivity index (χ0) is 17.1. The van der Waals surface area contributed by atoms with E-state index in [0.29, 0.717) is 26.2 Å². The van der Waals surface area contributed by atoms with E-state index in [4.69, 9.17) is 19.9 Å². The third kappa shape index (κ3) is 7.97. The summed E-state index contributed by atoms with van der Waals surface area (Å²) in [5.74, 6) is 0.631.